The summed E-state index contributed by atoms with van der Waals surface area (Å²) in [7, 11) is 0. The molecule has 0 aliphatic rings. The molecule has 1 N–H and O–H groups in total. The number of nitrogens with one attached hydrogen (secondary N) is 1. The summed E-state index contributed by atoms with van der Waals surface area (Å²) in [5.74, 6) is 1.43. The van der Waals surface area contributed by atoms with Crippen LogP contribution in [0, 0.1) is 13.8 Å². The molecule has 0 saturated carbocycles. The van der Waals surface area contributed by atoms with Crippen LogP contribution in [0.3, 0.4) is 0 Å². The van der Waals surface area contributed by atoms with Crippen LogP contribution in [0.1, 0.15) is 37.1 Å². The van der Waals surface area contributed by atoms with Gasteiger partial charge in [-0.05, 0) is 63.9 Å². The number of ether oxygens (including phenoxy) is 1. The monoisotopic (exact) mass is 377 g/mol. The highest BCUT2D eigenvalue weighted by molar-refractivity contribution is 5.76. The van der Waals surface area contributed by atoms with Crippen LogP contribution < -0.4 is 10.1 Å². The lowest BCUT2D eigenvalue weighted by Crippen LogP contribution is -2.30. The minimum Gasteiger partial charge on any atom is -0.439 e. The van der Waals surface area contributed by atoms with E-state index in [9.17, 15) is 4.79 Å². The second kappa shape index (κ2) is 8.74. The minimum absolute atomic E-state index is 0.0309. The van der Waals surface area contributed by atoms with Gasteiger partial charge >= 0.3 is 0 Å². The number of para-hydroxylation sites is 1. The van der Waals surface area contributed by atoms with Gasteiger partial charge in [-0.3, -0.25) is 4.79 Å². The molecule has 28 heavy (non-hydrogen) atoms. The van der Waals surface area contributed by atoms with E-state index in [1.165, 1.54) is 0 Å². The molecule has 0 atom stereocenters. The second-order valence-electron chi connectivity index (χ2n) is 7.26. The van der Waals surface area contributed by atoms with E-state index in [1.807, 2.05) is 67.9 Å². The molecule has 3 rings (SSSR count). The fourth-order valence-corrected chi connectivity index (χ4v) is 3.10. The molecule has 5 heteroatoms. The number of aromatic nitrogens is 2. The third-order valence-corrected chi connectivity index (χ3v) is 4.39. The molecule has 146 valence electrons. The molecule has 5 nitrogen and oxygen atoms in total. The molecule has 2 aromatic carbocycles. The summed E-state index contributed by atoms with van der Waals surface area (Å²) in [6.07, 6.45) is 0.960. The molecule has 0 fully saturated rings. The maximum absolute atomic E-state index is 12.2. The predicted octanol–water partition coefficient (Wildman–Crippen LogP) is 4.74. The molecule has 0 bridgehead atoms. The fraction of sp³-hybridized carbons (Fsp3) is 0.304. The van der Waals surface area contributed by atoms with E-state index in [0.29, 0.717) is 18.7 Å². The maximum Gasteiger partial charge on any atom is 0.226 e. The normalized spacial score (nSPS) is 10.9. The van der Waals surface area contributed by atoms with Crippen molar-refractivity contribution in [3.8, 4) is 17.3 Å². The zero-order valence-corrected chi connectivity index (χ0v) is 16.9. The largest absolute Gasteiger partial charge is 0.439 e. The van der Waals surface area contributed by atoms with Crippen molar-refractivity contribution in [1.29, 1.82) is 0 Å². The van der Waals surface area contributed by atoms with Gasteiger partial charge in [-0.1, -0.05) is 30.3 Å². The molecule has 0 aliphatic heterocycles. The average Bonchev–Trinajstić information content (AvgIpc) is 2.96. The molecule has 0 radical (unpaired) electrons. The van der Waals surface area contributed by atoms with E-state index >= 15 is 0 Å². The van der Waals surface area contributed by atoms with E-state index < -0.39 is 0 Å². The summed E-state index contributed by atoms with van der Waals surface area (Å²) in [6.45, 7) is 7.93. The van der Waals surface area contributed by atoms with E-state index in [-0.39, 0.29) is 11.9 Å². The molecule has 0 spiro atoms. The Labute approximate surface area is 166 Å². The predicted molar refractivity (Wildman–Crippen MR) is 111 cm³/mol. The van der Waals surface area contributed by atoms with Crippen LogP contribution in [-0.4, -0.2) is 21.7 Å². The Kier molecular flexibility index (Phi) is 6.14. The topological polar surface area (TPSA) is 56.2 Å². The lowest BCUT2D eigenvalue weighted by Gasteiger charge is -2.12. The van der Waals surface area contributed by atoms with Gasteiger partial charge in [0.2, 0.25) is 11.8 Å². The van der Waals surface area contributed by atoms with Crippen LogP contribution in [0.15, 0.2) is 54.6 Å². The van der Waals surface area contributed by atoms with E-state index in [0.717, 1.165) is 28.3 Å². The van der Waals surface area contributed by atoms with Crippen molar-refractivity contribution >= 4 is 5.91 Å². The number of carbonyl (C=O) groups excluding carboxylic acids is 1. The first-order chi connectivity index (χ1) is 13.4. The van der Waals surface area contributed by atoms with Crippen LogP contribution in [0.25, 0.3) is 5.69 Å². The van der Waals surface area contributed by atoms with Gasteiger partial charge in [0.25, 0.3) is 0 Å². The lowest BCUT2D eigenvalue weighted by atomic mass is 10.1. The molecule has 3 aromatic rings. The Bertz CT molecular complexity index is 946. The van der Waals surface area contributed by atoms with E-state index in [4.69, 9.17) is 9.84 Å². The number of amides is 1. The van der Waals surface area contributed by atoms with Crippen LogP contribution >= 0.6 is 0 Å². The number of carbonyl (C=O) groups is 1. The van der Waals surface area contributed by atoms with Gasteiger partial charge in [-0.2, -0.15) is 5.10 Å². The Morgan fingerprint density at radius 2 is 1.86 bits per heavy atom. The Morgan fingerprint density at radius 3 is 2.54 bits per heavy atom. The fourth-order valence-electron chi connectivity index (χ4n) is 3.10. The number of hydrogen-bond donors (Lipinski definition) is 1. The van der Waals surface area contributed by atoms with Crippen LogP contribution in [0.4, 0.5) is 0 Å². The van der Waals surface area contributed by atoms with Crippen LogP contribution in [-0.2, 0) is 11.2 Å². The smallest absolute Gasteiger partial charge is 0.226 e. The molecule has 1 amide bonds. The van der Waals surface area contributed by atoms with Crippen LogP contribution in [0.2, 0.25) is 0 Å². The summed E-state index contributed by atoms with van der Waals surface area (Å²) in [6, 6.07) is 17.9. The van der Waals surface area contributed by atoms with E-state index in [2.05, 4.69) is 24.4 Å². The van der Waals surface area contributed by atoms with Gasteiger partial charge in [0.15, 0.2) is 0 Å². The summed E-state index contributed by atoms with van der Waals surface area (Å²) >= 11 is 0. The third-order valence-electron chi connectivity index (χ3n) is 4.39. The zero-order valence-electron chi connectivity index (χ0n) is 16.9. The number of benzene rings is 2. The lowest BCUT2D eigenvalue weighted by molar-refractivity contribution is -0.121. The number of nitrogens with zero attached hydrogens (tertiary/aromatic N) is 2. The van der Waals surface area contributed by atoms with Crippen molar-refractivity contribution < 1.29 is 9.53 Å². The van der Waals surface area contributed by atoms with Gasteiger partial charge in [0.1, 0.15) is 5.75 Å². The molecule has 1 heterocycles. The number of rotatable bonds is 7. The van der Waals surface area contributed by atoms with Crippen molar-refractivity contribution in [3.63, 3.8) is 0 Å². The third kappa shape index (κ3) is 4.80. The average molecular weight is 377 g/mol. The van der Waals surface area contributed by atoms with E-state index in [1.54, 1.807) is 0 Å². The molecular formula is C23H27N3O2. The molecular weight excluding hydrogens is 350 g/mol. The van der Waals surface area contributed by atoms with Crippen molar-refractivity contribution in [3.05, 3.63) is 71.4 Å². The molecule has 0 aliphatic carbocycles. The molecule has 0 unspecified atom stereocenters. The van der Waals surface area contributed by atoms with Crippen molar-refractivity contribution in [2.75, 3.05) is 0 Å². The molecule has 0 saturated heterocycles. The Hall–Kier alpha value is -3.08. The maximum atomic E-state index is 12.2. The highest BCUT2D eigenvalue weighted by Crippen LogP contribution is 2.31. The SMILES string of the molecule is Cc1cccc(-n2nc(C)c(CCC(=O)NC(C)C)c2Oc2ccccc2)c1. The Balaban J connectivity index is 1.97. The highest BCUT2D eigenvalue weighted by atomic mass is 16.5. The summed E-state index contributed by atoms with van der Waals surface area (Å²) in [5, 5.41) is 7.66. The number of hydrogen-bond acceptors (Lipinski definition) is 3. The number of aryl methyl sites for hydroxylation is 2. The summed E-state index contributed by atoms with van der Waals surface area (Å²) in [5.41, 5.74) is 3.90. The zero-order chi connectivity index (χ0) is 20.1. The van der Waals surface area contributed by atoms with Gasteiger partial charge in [-0.25, -0.2) is 4.68 Å². The Morgan fingerprint density at radius 1 is 1.11 bits per heavy atom. The van der Waals surface area contributed by atoms with Gasteiger partial charge in [0.05, 0.1) is 11.4 Å². The van der Waals surface area contributed by atoms with Crippen molar-refractivity contribution in [1.82, 2.24) is 15.1 Å². The standard InChI is InChI=1S/C23H27N3O2/c1-16(2)24-22(27)14-13-21-18(4)25-26(19-10-8-9-17(3)15-19)23(21)28-20-11-6-5-7-12-20/h5-12,15-16H,13-14H2,1-4H3,(H,24,27). The second-order valence-corrected chi connectivity index (χ2v) is 7.26. The van der Waals surface area contributed by atoms with Crippen LogP contribution in [0.5, 0.6) is 11.6 Å². The first-order valence-electron chi connectivity index (χ1n) is 9.62. The highest BCUT2D eigenvalue weighted by Gasteiger charge is 2.20. The van der Waals surface area contributed by atoms with Crippen molar-refractivity contribution in [2.45, 2.75) is 46.6 Å². The molecule has 1 aromatic heterocycles. The minimum atomic E-state index is 0.0309. The quantitative estimate of drug-likeness (QED) is 0.647. The van der Waals surface area contributed by atoms with Crippen molar-refractivity contribution in [2.24, 2.45) is 0 Å². The summed E-state index contributed by atoms with van der Waals surface area (Å²) in [4.78, 5) is 12.2. The van der Waals surface area contributed by atoms with Gasteiger partial charge in [0, 0.05) is 18.0 Å². The van der Waals surface area contributed by atoms with Gasteiger partial charge < -0.3 is 10.1 Å². The van der Waals surface area contributed by atoms with Gasteiger partial charge in [-0.15, -0.1) is 0 Å². The first kappa shape index (κ1) is 19.7. The summed E-state index contributed by atoms with van der Waals surface area (Å²) < 4.78 is 8.06. The first-order valence-corrected chi connectivity index (χ1v) is 9.62.